The van der Waals surface area contributed by atoms with Crippen LogP contribution in [-0.4, -0.2) is 30.1 Å². The fourth-order valence-corrected chi connectivity index (χ4v) is 3.51. The molecule has 1 heterocycles. The molecule has 1 saturated carbocycles. The molecule has 1 aliphatic carbocycles. The summed E-state index contributed by atoms with van der Waals surface area (Å²) < 4.78 is 46.7. The molecular weight excluding hydrogens is 432 g/mol. The van der Waals surface area contributed by atoms with Crippen molar-refractivity contribution in [3.63, 3.8) is 0 Å². The first-order valence-electron chi connectivity index (χ1n) is 10.8. The highest BCUT2D eigenvalue weighted by molar-refractivity contribution is 5.93. The molecule has 1 aromatic heterocycles. The normalized spacial score (nSPS) is 13.1. The molecule has 1 aliphatic rings. The van der Waals surface area contributed by atoms with E-state index in [0.29, 0.717) is 17.9 Å². The molecule has 0 spiro atoms. The van der Waals surface area contributed by atoms with Gasteiger partial charge >= 0.3 is 6.61 Å². The molecule has 0 radical (unpaired) electrons. The predicted molar refractivity (Wildman–Crippen MR) is 117 cm³/mol. The van der Waals surface area contributed by atoms with Crippen molar-refractivity contribution in [2.75, 3.05) is 6.61 Å². The Hall–Kier alpha value is -3.55. The molecule has 0 atom stereocenters. The summed E-state index contributed by atoms with van der Waals surface area (Å²) in [5.74, 6) is 0.881. The van der Waals surface area contributed by atoms with Crippen molar-refractivity contribution in [2.45, 2.75) is 45.6 Å². The second-order valence-electron chi connectivity index (χ2n) is 7.63. The maximum atomic E-state index is 13.4. The summed E-state index contributed by atoms with van der Waals surface area (Å²) in [7, 11) is 0. The van der Waals surface area contributed by atoms with Gasteiger partial charge in [0.25, 0.3) is 5.91 Å². The lowest BCUT2D eigenvalue weighted by atomic mass is 10.1. The van der Waals surface area contributed by atoms with Crippen LogP contribution in [0, 0.1) is 0 Å². The molecule has 0 aliphatic heterocycles. The van der Waals surface area contributed by atoms with Crippen molar-refractivity contribution < 1.29 is 32.2 Å². The Morgan fingerprint density at radius 1 is 1.09 bits per heavy atom. The summed E-state index contributed by atoms with van der Waals surface area (Å²) in [4.78, 5) is 15.1. The van der Waals surface area contributed by atoms with Crippen LogP contribution < -0.4 is 14.2 Å². The van der Waals surface area contributed by atoms with E-state index in [4.69, 9.17) is 13.9 Å². The molecule has 4 rings (SSSR count). The Balaban J connectivity index is 1.50. The molecular formula is C25H25F2NO5. The number of alkyl halides is 2. The van der Waals surface area contributed by atoms with Gasteiger partial charge in [-0.1, -0.05) is 24.3 Å². The van der Waals surface area contributed by atoms with Crippen LogP contribution in [0.1, 0.15) is 41.4 Å². The Bertz CT molecular complexity index is 1070. The first kappa shape index (κ1) is 22.6. The largest absolute Gasteiger partial charge is 0.490 e. The molecule has 8 heteroatoms. The van der Waals surface area contributed by atoms with Gasteiger partial charge in [0.15, 0.2) is 17.3 Å². The van der Waals surface area contributed by atoms with Crippen LogP contribution in [0.5, 0.6) is 17.2 Å². The highest BCUT2D eigenvalue weighted by atomic mass is 19.3. The second-order valence-corrected chi connectivity index (χ2v) is 7.63. The fraction of sp³-hybridized carbons (Fsp3) is 0.320. The number of hydrogen-bond acceptors (Lipinski definition) is 5. The Morgan fingerprint density at radius 2 is 1.88 bits per heavy atom. The molecule has 174 valence electrons. The van der Waals surface area contributed by atoms with E-state index >= 15 is 0 Å². The molecule has 0 N–H and O–H groups in total. The van der Waals surface area contributed by atoms with Crippen LogP contribution >= 0.6 is 0 Å². The van der Waals surface area contributed by atoms with E-state index in [1.807, 2.05) is 30.3 Å². The average Bonchev–Trinajstić information content (AvgIpc) is 3.54. The lowest BCUT2D eigenvalue weighted by Crippen LogP contribution is -2.33. The van der Waals surface area contributed by atoms with Gasteiger partial charge < -0.3 is 23.5 Å². The summed E-state index contributed by atoms with van der Waals surface area (Å²) in [6.45, 7) is -0.401. The lowest BCUT2D eigenvalue weighted by Gasteiger charge is -2.23. The molecule has 3 aromatic rings. The van der Waals surface area contributed by atoms with Gasteiger partial charge in [-0.15, -0.1) is 0 Å². The monoisotopic (exact) mass is 457 g/mol. The van der Waals surface area contributed by atoms with Crippen LogP contribution in [0.15, 0.2) is 65.3 Å². The molecule has 0 saturated heterocycles. The number of benzene rings is 2. The fourth-order valence-electron chi connectivity index (χ4n) is 3.51. The smallest absolute Gasteiger partial charge is 0.387 e. The number of ether oxygens (including phenoxy) is 3. The first-order valence-corrected chi connectivity index (χ1v) is 10.8. The van der Waals surface area contributed by atoms with Gasteiger partial charge in [-0.05, 0) is 55.7 Å². The van der Waals surface area contributed by atoms with Crippen molar-refractivity contribution in [1.29, 1.82) is 0 Å². The van der Waals surface area contributed by atoms with Gasteiger partial charge in [0, 0.05) is 18.2 Å². The molecule has 0 unspecified atom stereocenters. The van der Waals surface area contributed by atoms with Gasteiger partial charge in [0.2, 0.25) is 0 Å². The number of carbonyl (C=O) groups is 1. The maximum Gasteiger partial charge on any atom is 0.387 e. The van der Waals surface area contributed by atoms with E-state index in [2.05, 4.69) is 4.74 Å². The van der Waals surface area contributed by atoms with Crippen LogP contribution in [0.3, 0.4) is 0 Å². The van der Waals surface area contributed by atoms with Crippen LogP contribution in [0.2, 0.25) is 0 Å². The molecule has 33 heavy (non-hydrogen) atoms. The van der Waals surface area contributed by atoms with Crippen molar-refractivity contribution >= 4 is 5.91 Å². The van der Waals surface area contributed by atoms with Gasteiger partial charge in [0.1, 0.15) is 12.4 Å². The van der Waals surface area contributed by atoms with E-state index in [0.717, 1.165) is 18.4 Å². The highest BCUT2D eigenvalue weighted by Crippen LogP contribution is 2.34. The molecule has 2 aromatic carbocycles. The van der Waals surface area contributed by atoms with E-state index < -0.39 is 6.61 Å². The molecule has 1 fully saturated rings. The Kier molecular flexibility index (Phi) is 7.12. The zero-order chi connectivity index (χ0) is 23.2. The molecule has 1 amide bonds. The van der Waals surface area contributed by atoms with E-state index in [-0.39, 0.29) is 42.4 Å². The number of carbonyl (C=O) groups excluding carboxylic acids is 1. The number of amides is 1. The summed E-state index contributed by atoms with van der Waals surface area (Å²) in [6, 6.07) is 15.9. The molecule has 0 bridgehead atoms. The van der Waals surface area contributed by atoms with Crippen LogP contribution in [-0.2, 0) is 13.2 Å². The number of hydrogen-bond donors (Lipinski definition) is 0. The minimum absolute atomic E-state index is 0.0359. The third-order valence-corrected chi connectivity index (χ3v) is 5.20. The predicted octanol–water partition coefficient (Wildman–Crippen LogP) is 5.66. The van der Waals surface area contributed by atoms with E-state index in [9.17, 15) is 13.6 Å². The van der Waals surface area contributed by atoms with Crippen molar-refractivity contribution in [2.24, 2.45) is 0 Å². The summed E-state index contributed by atoms with van der Waals surface area (Å²) in [5.41, 5.74) is 1.40. The zero-order valence-corrected chi connectivity index (χ0v) is 18.2. The Morgan fingerprint density at radius 3 is 2.58 bits per heavy atom. The quantitative estimate of drug-likeness (QED) is 0.372. The number of para-hydroxylation sites is 1. The number of rotatable bonds is 11. The van der Waals surface area contributed by atoms with Crippen molar-refractivity contribution in [3.05, 3.63) is 77.7 Å². The third kappa shape index (κ3) is 5.83. The SMILES string of the molecule is CCOc1cc(CN(C(=O)c2occc2COc2ccccc2)C2CC2)ccc1OC(F)F. The van der Waals surface area contributed by atoms with E-state index in [1.54, 1.807) is 30.0 Å². The van der Waals surface area contributed by atoms with Gasteiger partial charge in [0.05, 0.1) is 12.9 Å². The topological polar surface area (TPSA) is 61.1 Å². The van der Waals surface area contributed by atoms with Gasteiger partial charge in [-0.3, -0.25) is 4.79 Å². The van der Waals surface area contributed by atoms with Crippen molar-refractivity contribution in [1.82, 2.24) is 4.90 Å². The van der Waals surface area contributed by atoms with Crippen LogP contribution in [0.4, 0.5) is 8.78 Å². The molecule has 6 nitrogen and oxygen atoms in total. The zero-order valence-electron chi connectivity index (χ0n) is 18.2. The van der Waals surface area contributed by atoms with Gasteiger partial charge in [-0.25, -0.2) is 0 Å². The second kappa shape index (κ2) is 10.4. The minimum Gasteiger partial charge on any atom is -0.490 e. The first-order chi connectivity index (χ1) is 16.0. The summed E-state index contributed by atoms with van der Waals surface area (Å²) in [6.07, 6.45) is 3.27. The average molecular weight is 457 g/mol. The lowest BCUT2D eigenvalue weighted by molar-refractivity contribution is -0.0514. The minimum atomic E-state index is -2.95. The number of furan rings is 1. The summed E-state index contributed by atoms with van der Waals surface area (Å²) in [5, 5.41) is 0. The summed E-state index contributed by atoms with van der Waals surface area (Å²) >= 11 is 0. The standard InChI is InChI=1S/C25H25F2NO5/c1-2-30-22-14-17(8-11-21(22)33-25(26)27)15-28(19-9-10-19)24(29)23-18(12-13-31-23)16-32-20-6-4-3-5-7-20/h3-8,11-14,19,25H,2,9-10,15-16H2,1H3. The maximum absolute atomic E-state index is 13.4. The number of halogens is 2. The Labute approximate surface area is 190 Å². The highest BCUT2D eigenvalue weighted by Gasteiger charge is 2.35. The van der Waals surface area contributed by atoms with Gasteiger partial charge in [-0.2, -0.15) is 8.78 Å². The van der Waals surface area contributed by atoms with Crippen molar-refractivity contribution in [3.8, 4) is 17.2 Å². The van der Waals surface area contributed by atoms with Crippen LogP contribution in [0.25, 0.3) is 0 Å². The number of nitrogens with zero attached hydrogens (tertiary/aromatic N) is 1. The third-order valence-electron chi connectivity index (χ3n) is 5.20. The van der Waals surface area contributed by atoms with E-state index in [1.165, 1.54) is 12.3 Å².